The largest absolute Gasteiger partial charge is 0.302 e. The molecule has 0 fully saturated rings. The van der Waals surface area contributed by atoms with E-state index >= 15 is 0 Å². The number of aryl methyl sites for hydroxylation is 1. The Labute approximate surface area is 143 Å². The van der Waals surface area contributed by atoms with Gasteiger partial charge in [0, 0.05) is 12.5 Å². The van der Waals surface area contributed by atoms with Crippen molar-refractivity contribution in [2.75, 3.05) is 11.1 Å². The molecule has 0 saturated carbocycles. The lowest BCUT2D eigenvalue weighted by molar-refractivity contribution is -0.113. The number of nitrogens with zero attached hydrogens (tertiary/aromatic N) is 5. The van der Waals surface area contributed by atoms with E-state index in [1.165, 1.54) is 23.1 Å². The maximum atomic E-state index is 12.0. The van der Waals surface area contributed by atoms with E-state index in [9.17, 15) is 4.79 Å². The van der Waals surface area contributed by atoms with Gasteiger partial charge in [-0.25, -0.2) is 0 Å². The highest BCUT2D eigenvalue weighted by Crippen LogP contribution is 2.22. The maximum Gasteiger partial charge on any atom is 0.236 e. The van der Waals surface area contributed by atoms with Crippen LogP contribution in [0.2, 0.25) is 0 Å². The molecule has 0 unspecified atom stereocenters. The van der Waals surface area contributed by atoms with Crippen molar-refractivity contribution in [3.05, 3.63) is 23.5 Å². The van der Waals surface area contributed by atoms with E-state index in [-0.39, 0.29) is 17.6 Å². The van der Waals surface area contributed by atoms with Crippen LogP contribution in [-0.2, 0) is 17.8 Å². The Morgan fingerprint density at radius 3 is 2.78 bits per heavy atom. The van der Waals surface area contributed by atoms with Crippen LogP contribution in [0.25, 0.3) is 0 Å². The molecule has 0 aliphatic carbocycles. The molecule has 9 heteroatoms. The molecule has 1 amide bonds. The van der Waals surface area contributed by atoms with Gasteiger partial charge in [-0.15, -0.1) is 27.0 Å². The molecule has 0 saturated heterocycles. The molecular formula is C14H20N6OS2. The number of nitrogens with one attached hydrogen (secondary N) is 1. The first kappa shape index (κ1) is 17.6. The number of aromatic nitrogens is 5. The Balaban J connectivity index is 1.97. The molecule has 0 radical (unpaired) electrons. The molecule has 124 valence electrons. The smallest absolute Gasteiger partial charge is 0.236 e. The molecule has 0 aliphatic rings. The molecule has 23 heavy (non-hydrogen) atoms. The fraction of sp³-hybridized carbons (Fsp3) is 0.500. The maximum absolute atomic E-state index is 12.0. The highest BCUT2D eigenvalue weighted by molar-refractivity contribution is 7.99. The van der Waals surface area contributed by atoms with E-state index < -0.39 is 0 Å². The lowest BCUT2D eigenvalue weighted by atomic mass is 10.2. The van der Waals surface area contributed by atoms with Crippen LogP contribution in [0.15, 0.2) is 17.8 Å². The zero-order valence-corrected chi connectivity index (χ0v) is 15.1. The number of hydrogen-bond donors (Lipinski definition) is 1. The van der Waals surface area contributed by atoms with Crippen LogP contribution < -0.4 is 5.32 Å². The third kappa shape index (κ3) is 4.61. The number of thioether (sulfide) groups is 1. The standard InChI is InChI=1S/C14H20N6OS2/c1-5-7-20-12(9(3)4)17-19-14(20)22-8-10(21)15-13-18-16-11(6-2)23-13/h5,9H,1,6-8H2,2-4H3,(H,15,18,21). The van der Waals surface area contributed by atoms with Crippen LogP contribution in [0.3, 0.4) is 0 Å². The zero-order valence-electron chi connectivity index (χ0n) is 13.4. The molecule has 0 bridgehead atoms. The molecule has 2 rings (SSSR count). The van der Waals surface area contributed by atoms with Gasteiger partial charge in [0.05, 0.1) is 5.75 Å². The Kier molecular flexibility index (Phi) is 6.28. The third-order valence-corrected chi connectivity index (χ3v) is 4.87. The molecule has 0 aliphatic heterocycles. The van der Waals surface area contributed by atoms with Crippen molar-refractivity contribution in [2.24, 2.45) is 0 Å². The number of hydrogen-bond acceptors (Lipinski definition) is 7. The summed E-state index contributed by atoms with van der Waals surface area (Å²) in [7, 11) is 0. The van der Waals surface area contributed by atoms with E-state index in [1.807, 2.05) is 11.5 Å². The summed E-state index contributed by atoms with van der Waals surface area (Å²) in [6, 6.07) is 0. The van der Waals surface area contributed by atoms with Crippen molar-refractivity contribution in [1.29, 1.82) is 0 Å². The predicted octanol–water partition coefficient (Wildman–Crippen LogP) is 2.73. The molecule has 0 atom stereocenters. The van der Waals surface area contributed by atoms with E-state index in [0.717, 1.165) is 22.4 Å². The molecule has 0 spiro atoms. The van der Waals surface area contributed by atoms with E-state index in [2.05, 4.69) is 46.1 Å². The summed E-state index contributed by atoms with van der Waals surface area (Å²) in [6.45, 7) is 10.5. The minimum absolute atomic E-state index is 0.131. The highest BCUT2D eigenvalue weighted by atomic mass is 32.2. The first-order chi connectivity index (χ1) is 11.0. The minimum atomic E-state index is -0.131. The second-order valence-corrected chi connectivity index (χ2v) is 7.09. The molecule has 2 aromatic heterocycles. The van der Waals surface area contributed by atoms with Crippen LogP contribution in [0.4, 0.5) is 5.13 Å². The lowest BCUT2D eigenvalue weighted by Gasteiger charge is -2.09. The van der Waals surface area contributed by atoms with Crippen molar-refractivity contribution in [1.82, 2.24) is 25.0 Å². The second-order valence-electron chi connectivity index (χ2n) is 5.09. The molecule has 7 nitrogen and oxygen atoms in total. The molecule has 2 aromatic rings. The summed E-state index contributed by atoms with van der Waals surface area (Å²) in [4.78, 5) is 12.0. The summed E-state index contributed by atoms with van der Waals surface area (Å²) in [5.41, 5.74) is 0. The summed E-state index contributed by atoms with van der Waals surface area (Å²) in [5, 5.41) is 21.2. The summed E-state index contributed by atoms with van der Waals surface area (Å²) in [5.74, 6) is 1.27. The van der Waals surface area contributed by atoms with Crippen LogP contribution in [0, 0.1) is 0 Å². The topological polar surface area (TPSA) is 85.6 Å². The number of rotatable bonds is 8. The van der Waals surface area contributed by atoms with Gasteiger partial charge in [-0.05, 0) is 6.42 Å². The Morgan fingerprint density at radius 2 is 2.17 bits per heavy atom. The van der Waals surface area contributed by atoms with Gasteiger partial charge < -0.3 is 4.57 Å². The SMILES string of the molecule is C=CCn1c(SCC(=O)Nc2nnc(CC)s2)nnc1C(C)C. The molecule has 2 heterocycles. The number of allylic oxidation sites excluding steroid dienone is 1. The summed E-state index contributed by atoms with van der Waals surface area (Å²) in [6.07, 6.45) is 2.61. The van der Waals surface area contributed by atoms with Crippen molar-refractivity contribution >= 4 is 34.1 Å². The Bertz CT molecular complexity index is 679. The van der Waals surface area contributed by atoms with E-state index in [0.29, 0.717) is 11.7 Å². The summed E-state index contributed by atoms with van der Waals surface area (Å²) >= 11 is 2.74. The van der Waals surface area contributed by atoms with E-state index in [4.69, 9.17) is 0 Å². The number of amides is 1. The van der Waals surface area contributed by atoms with Gasteiger partial charge in [0.1, 0.15) is 10.8 Å². The van der Waals surface area contributed by atoms with Gasteiger partial charge in [-0.3, -0.25) is 10.1 Å². The zero-order chi connectivity index (χ0) is 16.8. The lowest BCUT2D eigenvalue weighted by Crippen LogP contribution is -2.14. The van der Waals surface area contributed by atoms with Gasteiger partial charge in [0.25, 0.3) is 0 Å². The van der Waals surface area contributed by atoms with Gasteiger partial charge in [-0.1, -0.05) is 49.9 Å². The molecular weight excluding hydrogens is 332 g/mol. The molecule has 1 N–H and O–H groups in total. The van der Waals surface area contributed by atoms with Crippen LogP contribution in [-0.4, -0.2) is 36.6 Å². The average molecular weight is 352 g/mol. The molecule has 0 aromatic carbocycles. The number of carbonyl (C=O) groups is 1. The second kappa shape index (κ2) is 8.21. The third-order valence-electron chi connectivity index (χ3n) is 2.92. The van der Waals surface area contributed by atoms with Crippen molar-refractivity contribution in [2.45, 2.75) is 44.8 Å². The first-order valence-electron chi connectivity index (χ1n) is 7.34. The van der Waals surface area contributed by atoms with E-state index in [1.54, 1.807) is 6.08 Å². The fourth-order valence-corrected chi connectivity index (χ4v) is 3.32. The summed E-state index contributed by atoms with van der Waals surface area (Å²) < 4.78 is 1.98. The van der Waals surface area contributed by atoms with Crippen molar-refractivity contribution in [3.63, 3.8) is 0 Å². The van der Waals surface area contributed by atoms with Gasteiger partial charge >= 0.3 is 0 Å². The first-order valence-corrected chi connectivity index (χ1v) is 9.14. The van der Waals surface area contributed by atoms with Crippen LogP contribution >= 0.6 is 23.1 Å². The minimum Gasteiger partial charge on any atom is -0.302 e. The van der Waals surface area contributed by atoms with Crippen LogP contribution in [0.5, 0.6) is 0 Å². The van der Waals surface area contributed by atoms with Gasteiger partial charge in [-0.2, -0.15) is 0 Å². The van der Waals surface area contributed by atoms with Crippen LogP contribution in [0.1, 0.15) is 37.5 Å². The normalized spacial score (nSPS) is 11.0. The Morgan fingerprint density at radius 1 is 1.39 bits per heavy atom. The van der Waals surface area contributed by atoms with Gasteiger partial charge in [0.2, 0.25) is 11.0 Å². The fourth-order valence-electron chi connectivity index (χ4n) is 1.87. The average Bonchev–Trinajstić information content (AvgIpc) is 3.12. The monoisotopic (exact) mass is 352 g/mol. The highest BCUT2D eigenvalue weighted by Gasteiger charge is 2.16. The number of carbonyl (C=O) groups excluding carboxylic acids is 1. The van der Waals surface area contributed by atoms with Crippen molar-refractivity contribution < 1.29 is 4.79 Å². The quantitative estimate of drug-likeness (QED) is 0.581. The number of anilines is 1. The predicted molar refractivity (Wildman–Crippen MR) is 92.9 cm³/mol. The Hall–Kier alpha value is -1.74. The van der Waals surface area contributed by atoms with Crippen molar-refractivity contribution in [3.8, 4) is 0 Å². The van der Waals surface area contributed by atoms with Gasteiger partial charge in [0.15, 0.2) is 5.16 Å².